The van der Waals surface area contributed by atoms with E-state index in [1.165, 1.54) is 0 Å². The van der Waals surface area contributed by atoms with Gasteiger partial charge in [-0.25, -0.2) is 0 Å². The molecule has 0 fully saturated rings. The van der Waals surface area contributed by atoms with Gasteiger partial charge in [-0.05, 0) is 36.8 Å². The number of hydrogen-bond acceptors (Lipinski definition) is 2. The fourth-order valence-electron chi connectivity index (χ4n) is 2.69. The Kier molecular flexibility index (Phi) is 5.62. The van der Waals surface area contributed by atoms with Crippen molar-refractivity contribution in [3.8, 4) is 0 Å². The van der Waals surface area contributed by atoms with Crippen LogP contribution in [0.1, 0.15) is 36.9 Å². The van der Waals surface area contributed by atoms with Gasteiger partial charge in [0.25, 0.3) is 0 Å². The van der Waals surface area contributed by atoms with Crippen LogP contribution < -0.4 is 0 Å². The van der Waals surface area contributed by atoms with Crippen molar-refractivity contribution in [2.45, 2.75) is 18.9 Å². The van der Waals surface area contributed by atoms with E-state index in [2.05, 4.69) is 0 Å². The molecule has 0 amide bonds. The van der Waals surface area contributed by atoms with E-state index in [1.807, 2.05) is 0 Å². The van der Waals surface area contributed by atoms with Crippen LogP contribution in [0.5, 0.6) is 0 Å². The molecule has 2 aromatic rings. The molecule has 7 heteroatoms. The largest absolute Gasteiger partial charge is 2.00 e. The minimum Gasteiger partial charge on any atom is -1.00 e. The summed E-state index contributed by atoms with van der Waals surface area (Å²) in [5.41, 5.74) is 1.41. The van der Waals surface area contributed by atoms with E-state index in [0.717, 1.165) is 0 Å². The van der Waals surface area contributed by atoms with Gasteiger partial charge in [-0.1, -0.05) is 23.2 Å². The number of benzene rings is 1. The Morgan fingerprint density at radius 1 is 1.23 bits per heavy atom. The number of nitrogens with zero attached hydrogens (tertiary/aromatic N) is 1. The van der Waals surface area contributed by atoms with Crippen LogP contribution in [0.4, 0.5) is 0 Å². The maximum Gasteiger partial charge on any atom is 2.00 e. The van der Waals surface area contributed by atoms with Crippen LogP contribution in [0.25, 0.3) is 0 Å². The third kappa shape index (κ3) is 3.08. The van der Waals surface area contributed by atoms with Crippen LogP contribution in [0.3, 0.4) is 0 Å². The zero-order valence-electron chi connectivity index (χ0n) is 13.6. The van der Waals surface area contributed by atoms with Crippen molar-refractivity contribution in [1.82, 2.24) is 4.57 Å². The van der Waals surface area contributed by atoms with Crippen molar-refractivity contribution >= 4 is 72.7 Å². The molecule has 1 aromatic heterocycles. The third-order valence-electron chi connectivity index (χ3n) is 3.70. The van der Waals surface area contributed by atoms with Crippen molar-refractivity contribution in [1.29, 1.82) is 0 Å². The second kappa shape index (κ2) is 6.93. The normalized spacial score (nSPS) is 16.0. The molecule has 0 aliphatic carbocycles. The Morgan fingerprint density at radius 2 is 1.86 bits per heavy atom. The van der Waals surface area contributed by atoms with Crippen LogP contribution in [-0.4, -0.2) is 59.2 Å². The van der Waals surface area contributed by atoms with Crippen LogP contribution in [-0.2, 0) is 11.3 Å². The number of fused-ring (bicyclic) bond motifs is 1. The van der Waals surface area contributed by atoms with Gasteiger partial charge in [0.05, 0.1) is 10.9 Å². The molecule has 0 radical (unpaired) electrons. The first kappa shape index (κ1) is 17.8. The number of halogens is 2. The van der Waals surface area contributed by atoms with E-state index in [9.17, 15) is 14.7 Å². The predicted molar refractivity (Wildman–Crippen MR) is 87.3 cm³/mol. The summed E-state index contributed by atoms with van der Waals surface area (Å²) < 4.78 is 1.71. The number of carboxylic acid groups (broad SMARTS) is 1. The average molecular weight is 366 g/mol. The summed E-state index contributed by atoms with van der Waals surface area (Å²) in [6.45, 7) is 0.480. The second-order valence-corrected chi connectivity index (χ2v) is 5.78. The molecular formula is C15H13CaCl2NO3. The molecule has 0 spiro atoms. The van der Waals surface area contributed by atoms with Crippen molar-refractivity contribution < 1.29 is 17.5 Å². The molecule has 0 saturated heterocycles. The quantitative estimate of drug-likeness (QED) is 0.669. The number of carboxylic acids is 1. The molecule has 1 atom stereocenters. The van der Waals surface area contributed by atoms with Crippen LogP contribution in [0.2, 0.25) is 10.0 Å². The number of aromatic nitrogens is 1. The first-order chi connectivity index (χ1) is 9.99. The maximum atomic E-state index is 12.6. The van der Waals surface area contributed by atoms with Crippen molar-refractivity contribution in [2.75, 3.05) is 0 Å². The Bertz CT molecular complexity index is 750. The van der Waals surface area contributed by atoms with Gasteiger partial charge in [-0.2, -0.15) is 0 Å². The topological polar surface area (TPSA) is 59.3 Å². The first-order valence-electron chi connectivity index (χ1n) is 6.41. The zero-order valence-corrected chi connectivity index (χ0v) is 15.3. The molecule has 0 bridgehead atoms. The summed E-state index contributed by atoms with van der Waals surface area (Å²) in [5.74, 6) is -1.73. The summed E-state index contributed by atoms with van der Waals surface area (Å²) in [5, 5.41) is 10.0. The number of rotatable bonds is 3. The number of carbonyl (C=O) groups is 2. The number of carbonyl (C=O) groups excluding carboxylic acids is 1. The summed E-state index contributed by atoms with van der Waals surface area (Å²) in [6, 6.07) is 8.11. The fourth-order valence-corrected chi connectivity index (χ4v) is 3.11. The first-order valence-corrected chi connectivity index (χ1v) is 7.16. The standard InChI is InChI=1S/C15H11Cl2NO3.Ca.2H/c16-9-3-1-8(2-4-9)14(19)13-11(17)7-12-10(15(20)21)5-6-18(12)13;;;/h1-4,7,10H,5-6H2,(H,20,21);;;/q;+2;2*-1. The van der Waals surface area contributed by atoms with E-state index in [-0.39, 0.29) is 51.4 Å². The average Bonchev–Trinajstić information content (AvgIpc) is 2.96. The summed E-state index contributed by atoms with van der Waals surface area (Å²) in [6.07, 6.45) is 0.475. The summed E-state index contributed by atoms with van der Waals surface area (Å²) >= 11 is 12.0. The smallest absolute Gasteiger partial charge is 1.00 e. The van der Waals surface area contributed by atoms with Crippen LogP contribution in [0.15, 0.2) is 30.3 Å². The Balaban J connectivity index is 0.00000176. The number of aliphatic carboxylic acids is 1. The molecule has 1 aliphatic heterocycles. The molecule has 0 saturated carbocycles. The van der Waals surface area contributed by atoms with Gasteiger partial charge >= 0.3 is 43.7 Å². The molecule has 112 valence electrons. The Hall–Kier alpha value is -0.520. The van der Waals surface area contributed by atoms with Crippen LogP contribution >= 0.6 is 23.2 Å². The zero-order chi connectivity index (χ0) is 15.1. The van der Waals surface area contributed by atoms with Gasteiger partial charge in [0.15, 0.2) is 0 Å². The number of hydrogen-bond donors (Lipinski definition) is 1. The fraction of sp³-hybridized carbons (Fsp3) is 0.200. The van der Waals surface area contributed by atoms with Crippen molar-refractivity contribution in [3.63, 3.8) is 0 Å². The van der Waals surface area contributed by atoms with E-state index in [0.29, 0.717) is 34.9 Å². The van der Waals surface area contributed by atoms with Crippen molar-refractivity contribution in [3.05, 3.63) is 57.3 Å². The molecular weight excluding hydrogens is 353 g/mol. The van der Waals surface area contributed by atoms with Gasteiger partial charge < -0.3 is 12.5 Å². The molecule has 22 heavy (non-hydrogen) atoms. The molecule has 1 N–H and O–H groups in total. The van der Waals surface area contributed by atoms with Crippen LogP contribution in [0, 0.1) is 0 Å². The SMILES string of the molecule is O=C(c1ccc(Cl)cc1)c1c(Cl)cc2n1CCC2C(=O)O.[Ca+2].[H-].[H-]. The molecule has 1 aliphatic rings. The van der Waals surface area contributed by atoms with Gasteiger partial charge in [-0.15, -0.1) is 0 Å². The minimum atomic E-state index is -0.895. The Labute approximate surface area is 170 Å². The molecule has 2 heterocycles. The van der Waals surface area contributed by atoms with E-state index in [1.54, 1.807) is 34.9 Å². The van der Waals surface area contributed by atoms with Gasteiger partial charge in [0, 0.05) is 22.8 Å². The third-order valence-corrected chi connectivity index (χ3v) is 4.24. The molecule has 3 rings (SSSR count). The van der Waals surface area contributed by atoms with Gasteiger partial charge in [0.1, 0.15) is 5.69 Å². The number of ketones is 1. The minimum absolute atomic E-state index is 0. The Morgan fingerprint density at radius 3 is 2.45 bits per heavy atom. The molecule has 1 unspecified atom stereocenters. The van der Waals surface area contributed by atoms with Crippen molar-refractivity contribution in [2.24, 2.45) is 0 Å². The second-order valence-electron chi connectivity index (χ2n) is 4.93. The predicted octanol–water partition coefficient (Wildman–Crippen LogP) is 3.44. The van der Waals surface area contributed by atoms with Gasteiger partial charge in [-0.3, -0.25) is 9.59 Å². The van der Waals surface area contributed by atoms with E-state index in [4.69, 9.17) is 23.2 Å². The van der Waals surface area contributed by atoms with E-state index >= 15 is 0 Å². The summed E-state index contributed by atoms with van der Waals surface area (Å²) in [7, 11) is 0. The van der Waals surface area contributed by atoms with E-state index < -0.39 is 11.9 Å². The monoisotopic (exact) mass is 365 g/mol. The van der Waals surface area contributed by atoms with Gasteiger partial charge in [0.2, 0.25) is 5.78 Å². The summed E-state index contributed by atoms with van der Waals surface area (Å²) in [4.78, 5) is 23.8. The molecule has 1 aromatic carbocycles. The molecule has 4 nitrogen and oxygen atoms in total. The maximum absolute atomic E-state index is 12.6.